The minimum absolute atomic E-state index is 0.0927. The second-order valence-electron chi connectivity index (χ2n) is 4.62. The average molecular weight is 263 g/mol. The molecule has 0 bridgehead atoms. The first-order valence-corrected chi connectivity index (χ1v) is 6.57. The average Bonchev–Trinajstić information content (AvgIpc) is 2.45. The molecule has 1 aromatic carbocycles. The summed E-state index contributed by atoms with van der Waals surface area (Å²) in [4.78, 5) is 2.34. The van der Waals surface area contributed by atoms with E-state index in [4.69, 9.17) is 20.6 Å². The molecule has 0 aromatic heterocycles. The maximum Gasteiger partial charge on any atom is 0.122 e. The molecule has 3 N–H and O–H groups in total. The molecule has 0 saturated carbocycles. The van der Waals surface area contributed by atoms with Crippen LogP contribution in [0.3, 0.4) is 0 Å². The van der Waals surface area contributed by atoms with Crippen LogP contribution in [0.1, 0.15) is 11.1 Å². The summed E-state index contributed by atoms with van der Waals surface area (Å²) in [7, 11) is 0. The van der Waals surface area contributed by atoms with Crippen molar-refractivity contribution in [3.8, 4) is 0 Å². The van der Waals surface area contributed by atoms with Gasteiger partial charge in [0.25, 0.3) is 0 Å². The summed E-state index contributed by atoms with van der Waals surface area (Å²) in [6.07, 6.45) is 0. The minimum atomic E-state index is 0.0927. The van der Waals surface area contributed by atoms with E-state index in [1.807, 2.05) is 24.3 Å². The van der Waals surface area contributed by atoms with E-state index in [0.717, 1.165) is 44.0 Å². The lowest BCUT2D eigenvalue weighted by molar-refractivity contribution is 0.0180. The number of morpholine rings is 1. The van der Waals surface area contributed by atoms with E-state index < -0.39 is 0 Å². The predicted molar refractivity (Wildman–Crippen MR) is 74.4 cm³/mol. The van der Waals surface area contributed by atoms with Gasteiger partial charge in [-0.1, -0.05) is 18.2 Å². The van der Waals surface area contributed by atoms with Crippen LogP contribution >= 0.6 is 0 Å². The summed E-state index contributed by atoms with van der Waals surface area (Å²) in [5, 5.41) is 7.40. The van der Waals surface area contributed by atoms with Crippen molar-refractivity contribution in [3.05, 3.63) is 35.4 Å². The number of rotatable bonds is 6. The Bertz CT molecular complexity index is 417. The van der Waals surface area contributed by atoms with Gasteiger partial charge in [0.1, 0.15) is 5.84 Å². The number of hydrogen-bond acceptors (Lipinski definition) is 4. The Balaban J connectivity index is 1.70. The van der Waals surface area contributed by atoms with E-state index in [1.54, 1.807) is 0 Å². The van der Waals surface area contributed by atoms with Gasteiger partial charge in [-0.2, -0.15) is 0 Å². The number of benzene rings is 1. The third-order valence-electron chi connectivity index (χ3n) is 3.16. The number of nitrogen functional groups attached to an aromatic ring is 1. The Kier molecular flexibility index (Phi) is 5.32. The predicted octanol–water partition coefficient (Wildman–Crippen LogP) is 0.819. The first kappa shape index (κ1) is 14.0. The molecule has 0 atom stereocenters. The lowest BCUT2D eigenvalue weighted by Crippen LogP contribution is -2.38. The van der Waals surface area contributed by atoms with Gasteiger partial charge in [-0.15, -0.1) is 0 Å². The molecule has 19 heavy (non-hydrogen) atoms. The van der Waals surface area contributed by atoms with Crippen LogP contribution < -0.4 is 5.73 Å². The number of hydrogen-bond donors (Lipinski definition) is 2. The highest BCUT2D eigenvalue weighted by atomic mass is 16.5. The molecule has 0 aliphatic carbocycles. The van der Waals surface area contributed by atoms with Gasteiger partial charge in [0.05, 0.1) is 26.4 Å². The molecule has 5 nitrogen and oxygen atoms in total. The van der Waals surface area contributed by atoms with Crippen molar-refractivity contribution in [1.29, 1.82) is 5.41 Å². The van der Waals surface area contributed by atoms with Gasteiger partial charge in [-0.3, -0.25) is 10.3 Å². The zero-order chi connectivity index (χ0) is 13.5. The molecular weight excluding hydrogens is 242 g/mol. The Morgan fingerprint density at radius 3 is 2.89 bits per heavy atom. The van der Waals surface area contributed by atoms with E-state index in [9.17, 15) is 0 Å². The molecule has 0 radical (unpaired) electrons. The van der Waals surface area contributed by atoms with Crippen molar-refractivity contribution < 1.29 is 9.47 Å². The van der Waals surface area contributed by atoms with E-state index in [2.05, 4.69) is 4.90 Å². The topological polar surface area (TPSA) is 71.6 Å². The third kappa shape index (κ3) is 4.63. The van der Waals surface area contributed by atoms with Crippen LogP contribution in [0.25, 0.3) is 0 Å². The van der Waals surface area contributed by atoms with Crippen molar-refractivity contribution in [3.63, 3.8) is 0 Å². The standard InChI is InChI=1S/C14H21N3O2/c15-14(16)13-3-1-2-12(10-13)11-19-9-6-17-4-7-18-8-5-17/h1-3,10H,4-9,11H2,(H3,15,16). The second-order valence-corrected chi connectivity index (χ2v) is 4.62. The maximum atomic E-state index is 7.40. The minimum Gasteiger partial charge on any atom is -0.384 e. The molecule has 1 saturated heterocycles. The molecule has 1 fully saturated rings. The van der Waals surface area contributed by atoms with Gasteiger partial charge >= 0.3 is 0 Å². The van der Waals surface area contributed by atoms with Crippen molar-refractivity contribution in [2.75, 3.05) is 39.5 Å². The fraction of sp³-hybridized carbons (Fsp3) is 0.500. The Morgan fingerprint density at radius 1 is 1.37 bits per heavy atom. The molecule has 1 aliphatic heterocycles. The number of nitrogens with two attached hydrogens (primary N) is 1. The van der Waals surface area contributed by atoms with E-state index in [1.165, 1.54) is 0 Å². The van der Waals surface area contributed by atoms with E-state index in [-0.39, 0.29) is 5.84 Å². The summed E-state index contributed by atoms with van der Waals surface area (Å²) in [6.45, 7) is 5.83. The quantitative estimate of drug-likeness (QED) is 0.453. The molecule has 5 heteroatoms. The number of nitrogens with zero attached hydrogens (tertiary/aromatic N) is 1. The molecule has 0 spiro atoms. The fourth-order valence-corrected chi connectivity index (χ4v) is 2.04. The van der Waals surface area contributed by atoms with E-state index in [0.29, 0.717) is 13.2 Å². The number of amidine groups is 1. The van der Waals surface area contributed by atoms with Crippen LogP contribution in [0.5, 0.6) is 0 Å². The summed E-state index contributed by atoms with van der Waals surface area (Å²) in [5.74, 6) is 0.0927. The molecular formula is C14H21N3O2. The number of nitrogens with one attached hydrogen (secondary N) is 1. The van der Waals surface area contributed by atoms with Gasteiger partial charge in [0.15, 0.2) is 0 Å². The fourth-order valence-electron chi connectivity index (χ4n) is 2.04. The van der Waals surface area contributed by atoms with Gasteiger partial charge in [0, 0.05) is 25.2 Å². The lowest BCUT2D eigenvalue weighted by atomic mass is 10.1. The monoisotopic (exact) mass is 263 g/mol. The highest BCUT2D eigenvalue weighted by Gasteiger charge is 2.09. The van der Waals surface area contributed by atoms with Crippen LogP contribution in [-0.4, -0.2) is 50.2 Å². The Labute approximate surface area is 113 Å². The first-order chi connectivity index (χ1) is 9.25. The maximum absolute atomic E-state index is 7.40. The normalized spacial score (nSPS) is 16.4. The van der Waals surface area contributed by atoms with Crippen LogP contribution in [0.4, 0.5) is 0 Å². The number of ether oxygens (including phenoxy) is 2. The molecule has 2 rings (SSSR count). The van der Waals surface area contributed by atoms with Crippen molar-refractivity contribution in [2.45, 2.75) is 6.61 Å². The highest BCUT2D eigenvalue weighted by molar-refractivity contribution is 5.95. The Hall–Kier alpha value is -1.43. The molecule has 104 valence electrons. The van der Waals surface area contributed by atoms with Crippen molar-refractivity contribution >= 4 is 5.84 Å². The van der Waals surface area contributed by atoms with Gasteiger partial charge in [-0.05, 0) is 11.6 Å². The van der Waals surface area contributed by atoms with Gasteiger partial charge < -0.3 is 15.2 Å². The van der Waals surface area contributed by atoms with Crippen LogP contribution in [0, 0.1) is 5.41 Å². The first-order valence-electron chi connectivity index (χ1n) is 6.57. The summed E-state index contributed by atoms with van der Waals surface area (Å²) >= 11 is 0. The van der Waals surface area contributed by atoms with E-state index >= 15 is 0 Å². The second kappa shape index (κ2) is 7.23. The summed E-state index contributed by atoms with van der Waals surface area (Å²) in [6, 6.07) is 7.62. The Morgan fingerprint density at radius 2 is 2.16 bits per heavy atom. The molecule has 1 aliphatic rings. The van der Waals surface area contributed by atoms with Crippen LogP contribution in [0.2, 0.25) is 0 Å². The van der Waals surface area contributed by atoms with Crippen LogP contribution in [-0.2, 0) is 16.1 Å². The zero-order valence-electron chi connectivity index (χ0n) is 11.1. The molecule has 1 aromatic rings. The third-order valence-corrected chi connectivity index (χ3v) is 3.16. The molecule has 0 unspecified atom stereocenters. The largest absolute Gasteiger partial charge is 0.384 e. The van der Waals surface area contributed by atoms with Crippen molar-refractivity contribution in [1.82, 2.24) is 4.90 Å². The summed E-state index contributed by atoms with van der Waals surface area (Å²) < 4.78 is 11.0. The smallest absolute Gasteiger partial charge is 0.122 e. The lowest BCUT2D eigenvalue weighted by Gasteiger charge is -2.26. The van der Waals surface area contributed by atoms with Gasteiger partial charge in [-0.25, -0.2) is 0 Å². The van der Waals surface area contributed by atoms with Crippen molar-refractivity contribution in [2.24, 2.45) is 5.73 Å². The van der Waals surface area contributed by atoms with Gasteiger partial charge in [0.2, 0.25) is 0 Å². The van der Waals surface area contributed by atoms with Crippen LogP contribution in [0.15, 0.2) is 24.3 Å². The zero-order valence-corrected chi connectivity index (χ0v) is 11.1. The molecule has 1 heterocycles. The summed E-state index contributed by atoms with van der Waals surface area (Å²) in [5.41, 5.74) is 7.25. The SMILES string of the molecule is N=C(N)c1cccc(COCCN2CCOCC2)c1. The molecule has 0 amide bonds. The highest BCUT2D eigenvalue weighted by Crippen LogP contribution is 2.06.